The highest BCUT2D eigenvalue weighted by Gasteiger charge is 2.21. The Morgan fingerprint density at radius 1 is 0.266 bits per heavy atom. The highest BCUT2D eigenvalue weighted by Crippen LogP contribution is 2.44. The maximum Gasteiger partial charge on any atom is 0.0547 e. The van der Waals surface area contributed by atoms with Crippen molar-refractivity contribution in [3.63, 3.8) is 0 Å². The summed E-state index contributed by atoms with van der Waals surface area (Å²) < 4.78 is 2.47. The van der Waals surface area contributed by atoms with Crippen LogP contribution < -0.4 is 4.90 Å². The van der Waals surface area contributed by atoms with Gasteiger partial charge in [0.1, 0.15) is 0 Å². The van der Waals surface area contributed by atoms with Gasteiger partial charge in [0.25, 0.3) is 0 Å². The van der Waals surface area contributed by atoms with Crippen LogP contribution in [0.2, 0.25) is 0 Å². The molecular weight excluding hydrogens is 773 g/mol. The second kappa shape index (κ2) is 15.8. The fraction of sp³-hybridized carbons (Fsp3) is 0. The molecule has 0 saturated carbocycles. The topological polar surface area (TPSA) is 8.17 Å². The van der Waals surface area contributed by atoms with E-state index in [0.717, 1.165) is 28.3 Å². The molecule has 0 amide bonds. The first-order chi connectivity index (χ1) is 31.7. The van der Waals surface area contributed by atoms with E-state index in [2.05, 4.69) is 264 Å². The van der Waals surface area contributed by atoms with E-state index < -0.39 is 0 Å². The highest BCUT2D eigenvalue weighted by atomic mass is 15.1. The fourth-order valence-electron chi connectivity index (χ4n) is 9.75. The van der Waals surface area contributed by atoms with E-state index in [1.54, 1.807) is 0 Å². The van der Waals surface area contributed by atoms with Crippen molar-refractivity contribution in [3.05, 3.63) is 255 Å². The number of aromatic nitrogens is 1. The van der Waals surface area contributed by atoms with Crippen LogP contribution in [0, 0.1) is 0 Å². The van der Waals surface area contributed by atoms with E-state index in [1.165, 1.54) is 82.3 Å². The normalized spacial score (nSPS) is 11.4. The van der Waals surface area contributed by atoms with Gasteiger partial charge in [-0.3, -0.25) is 0 Å². The minimum atomic E-state index is 1.08. The first kappa shape index (κ1) is 37.3. The van der Waals surface area contributed by atoms with Crippen LogP contribution in [-0.4, -0.2) is 4.57 Å². The van der Waals surface area contributed by atoms with Crippen LogP contribution >= 0.6 is 0 Å². The van der Waals surface area contributed by atoms with E-state index >= 15 is 0 Å². The van der Waals surface area contributed by atoms with E-state index in [1.807, 2.05) is 0 Å². The molecule has 0 saturated heterocycles. The van der Waals surface area contributed by atoms with Gasteiger partial charge in [0.2, 0.25) is 0 Å². The van der Waals surface area contributed by atoms with Crippen molar-refractivity contribution >= 4 is 60.4 Å². The van der Waals surface area contributed by atoms with Gasteiger partial charge < -0.3 is 9.47 Å². The molecule has 1 heterocycles. The number of fused-ring (bicyclic) bond motifs is 5. The molecule has 0 fully saturated rings. The monoisotopic (exact) mass is 814 g/mol. The average Bonchev–Trinajstić information content (AvgIpc) is 3.69. The molecule has 0 aliphatic carbocycles. The Morgan fingerprint density at radius 2 is 0.797 bits per heavy atom. The molecule has 0 bridgehead atoms. The van der Waals surface area contributed by atoms with Crippen molar-refractivity contribution < 1.29 is 0 Å². The van der Waals surface area contributed by atoms with Crippen LogP contribution in [0.4, 0.5) is 17.1 Å². The third kappa shape index (κ3) is 6.52. The molecule has 0 aliphatic rings. The second-order valence-electron chi connectivity index (χ2n) is 16.5. The summed E-state index contributed by atoms with van der Waals surface area (Å²) in [6, 6.07) is 92.7. The summed E-state index contributed by atoms with van der Waals surface area (Å²) >= 11 is 0. The molecule has 300 valence electrons. The van der Waals surface area contributed by atoms with Crippen LogP contribution in [0.1, 0.15) is 0 Å². The maximum absolute atomic E-state index is 2.47. The number of rotatable bonds is 8. The van der Waals surface area contributed by atoms with Crippen LogP contribution in [0.3, 0.4) is 0 Å². The van der Waals surface area contributed by atoms with Crippen molar-refractivity contribution in [1.29, 1.82) is 0 Å². The largest absolute Gasteiger partial charge is 0.310 e. The van der Waals surface area contributed by atoms with Crippen molar-refractivity contribution in [2.75, 3.05) is 4.90 Å². The minimum Gasteiger partial charge on any atom is -0.310 e. The Morgan fingerprint density at radius 3 is 1.55 bits per heavy atom. The van der Waals surface area contributed by atoms with Crippen molar-refractivity contribution in [3.8, 4) is 50.2 Å². The summed E-state index contributed by atoms with van der Waals surface area (Å²) in [4.78, 5) is 2.38. The lowest BCUT2D eigenvalue weighted by molar-refractivity contribution is 1.18. The summed E-state index contributed by atoms with van der Waals surface area (Å²) in [6.07, 6.45) is 0. The second-order valence-corrected chi connectivity index (χ2v) is 16.5. The Labute approximate surface area is 373 Å². The van der Waals surface area contributed by atoms with E-state index in [4.69, 9.17) is 0 Å². The van der Waals surface area contributed by atoms with Gasteiger partial charge in [-0.15, -0.1) is 0 Å². The molecule has 0 atom stereocenters. The van der Waals surface area contributed by atoms with Gasteiger partial charge in [-0.2, -0.15) is 0 Å². The van der Waals surface area contributed by atoms with Gasteiger partial charge >= 0.3 is 0 Å². The lowest BCUT2D eigenvalue weighted by Gasteiger charge is -2.27. The number of hydrogen-bond donors (Lipinski definition) is 0. The summed E-state index contributed by atoms with van der Waals surface area (Å²) in [5.74, 6) is 0. The highest BCUT2D eigenvalue weighted by molar-refractivity contribution is 6.14. The smallest absolute Gasteiger partial charge is 0.0547 e. The Bertz CT molecular complexity index is 3640. The number of nitrogens with zero attached hydrogens (tertiary/aromatic N) is 2. The van der Waals surface area contributed by atoms with Gasteiger partial charge in [0.05, 0.1) is 16.7 Å². The van der Waals surface area contributed by atoms with Gasteiger partial charge in [-0.25, -0.2) is 0 Å². The van der Waals surface area contributed by atoms with Crippen LogP contribution in [0.15, 0.2) is 255 Å². The first-order valence-corrected chi connectivity index (χ1v) is 22.0. The Balaban J connectivity index is 1.02. The predicted molar refractivity (Wildman–Crippen MR) is 272 cm³/mol. The van der Waals surface area contributed by atoms with E-state index in [-0.39, 0.29) is 0 Å². The predicted octanol–water partition coefficient (Wildman–Crippen LogP) is 17.2. The lowest BCUT2D eigenvalue weighted by Crippen LogP contribution is -2.10. The standard InChI is InChI=1S/C62H42N2/c1-3-16-43(17-4-1)44-32-36-51(37-33-44)63(53-25-13-24-50(40-53)55-28-14-23-45-18-9-10-26-54(45)55)52-38-34-46(35-39-52)56-29-15-31-60(62(56)47-19-5-2-6-20-47)64-59-30-12-11-27-57(59)58-41-48-21-7-8-22-49(48)42-61(58)64/h1-42H. The first-order valence-electron chi connectivity index (χ1n) is 22.0. The molecule has 2 nitrogen and oxygen atoms in total. The van der Waals surface area contributed by atoms with Gasteiger partial charge in [0.15, 0.2) is 0 Å². The van der Waals surface area contributed by atoms with Gasteiger partial charge in [-0.1, -0.05) is 194 Å². The minimum absolute atomic E-state index is 1.08. The molecule has 0 radical (unpaired) electrons. The van der Waals surface area contributed by atoms with Crippen molar-refractivity contribution in [2.45, 2.75) is 0 Å². The summed E-state index contributed by atoms with van der Waals surface area (Å²) in [5, 5.41) is 7.46. The Kier molecular flexibility index (Phi) is 9.20. The Hall–Kier alpha value is -8.46. The van der Waals surface area contributed by atoms with Crippen LogP contribution in [0.25, 0.3) is 93.5 Å². The lowest BCUT2D eigenvalue weighted by atomic mass is 9.92. The fourth-order valence-corrected chi connectivity index (χ4v) is 9.75. The number of benzene rings is 11. The molecule has 12 rings (SSSR count). The number of anilines is 3. The summed E-state index contributed by atoms with van der Waals surface area (Å²) in [5.41, 5.74) is 16.3. The van der Waals surface area contributed by atoms with E-state index in [9.17, 15) is 0 Å². The molecule has 0 spiro atoms. The average molecular weight is 815 g/mol. The molecule has 0 unspecified atom stereocenters. The van der Waals surface area contributed by atoms with Crippen molar-refractivity contribution in [1.82, 2.24) is 4.57 Å². The molecule has 0 aliphatic heterocycles. The number of para-hydroxylation sites is 1. The molecule has 11 aromatic carbocycles. The third-order valence-electron chi connectivity index (χ3n) is 12.8. The van der Waals surface area contributed by atoms with Crippen LogP contribution in [-0.2, 0) is 0 Å². The van der Waals surface area contributed by atoms with Gasteiger partial charge in [-0.05, 0) is 121 Å². The summed E-state index contributed by atoms with van der Waals surface area (Å²) in [7, 11) is 0. The molecule has 64 heavy (non-hydrogen) atoms. The summed E-state index contributed by atoms with van der Waals surface area (Å²) in [6.45, 7) is 0. The van der Waals surface area contributed by atoms with E-state index in [0.29, 0.717) is 0 Å². The quantitative estimate of drug-likeness (QED) is 0.148. The number of hydrogen-bond acceptors (Lipinski definition) is 1. The zero-order valence-electron chi connectivity index (χ0n) is 35.1. The van der Waals surface area contributed by atoms with Gasteiger partial charge in [0, 0.05) is 33.4 Å². The van der Waals surface area contributed by atoms with Crippen LogP contribution in [0.5, 0.6) is 0 Å². The zero-order valence-corrected chi connectivity index (χ0v) is 35.1. The molecule has 2 heteroatoms. The third-order valence-corrected chi connectivity index (χ3v) is 12.8. The maximum atomic E-state index is 2.47. The van der Waals surface area contributed by atoms with Crippen molar-refractivity contribution in [2.24, 2.45) is 0 Å². The molecule has 12 aromatic rings. The molecule has 0 N–H and O–H groups in total. The molecule has 1 aromatic heterocycles. The molecular formula is C62H42N2. The zero-order chi connectivity index (χ0) is 42.4. The SMILES string of the molecule is c1ccc(-c2ccc(N(c3ccc(-c4cccc(-n5c6ccccc6c6cc7ccccc7cc65)c4-c4ccccc4)cc3)c3cccc(-c4cccc5ccccc45)c3)cc2)cc1.